The van der Waals surface area contributed by atoms with Gasteiger partial charge in [-0.25, -0.2) is 10.5 Å². The van der Waals surface area contributed by atoms with Crippen molar-refractivity contribution in [2.75, 3.05) is 13.7 Å². The normalized spacial score (nSPS) is 18.8. The number of fused-ring (bicyclic) bond motifs is 1. The molecule has 4 rings (SSSR count). The Hall–Kier alpha value is -3.86. The third-order valence-corrected chi connectivity index (χ3v) is 6.44. The first-order chi connectivity index (χ1) is 17.6. The van der Waals surface area contributed by atoms with E-state index >= 15 is 0 Å². The van der Waals surface area contributed by atoms with E-state index in [2.05, 4.69) is 4.98 Å². The zero-order valence-corrected chi connectivity index (χ0v) is 20.1. The number of alkyl halides is 3. The summed E-state index contributed by atoms with van der Waals surface area (Å²) in [5.41, 5.74) is 1.04. The summed E-state index contributed by atoms with van der Waals surface area (Å²) in [6, 6.07) is 12.4. The Labute approximate surface area is 210 Å². The molecule has 2 unspecified atom stereocenters. The Morgan fingerprint density at radius 1 is 1.14 bits per heavy atom. The highest BCUT2D eigenvalue weighted by Crippen LogP contribution is 2.56. The lowest BCUT2D eigenvalue weighted by Crippen LogP contribution is -2.30. The predicted molar refractivity (Wildman–Crippen MR) is 125 cm³/mol. The van der Waals surface area contributed by atoms with Crippen LogP contribution in [0.4, 0.5) is 13.2 Å². The van der Waals surface area contributed by atoms with E-state index in [4.69, 9.17) is 19.4 Å². The van der Waals surface area contributed by atoms with Crippen molar-refractivity contribution in [3.8, 4) is 11.5 Å². The van der Waals surface area contributed by atoms with Crippen LogP contribution in [-0.4, -0.2) is 35.8 Å². The van der Waals surface area contributed by atoms with E-state index in [-0.39, 0.29) is 37.3 Å². The molecule has 1 saturated carbocycles. The summed E-state index contributed by atoms with van der Waals surface area (Å²) < 4.78 is 55.6. The lowest BCUT2D eigenvalue weighted by molar-refractivity contribution is -0.152. The minimum Gasteiger partial charge on any atom is -0.494 e. The monoisotopic (exact) mass is 518 g/mol. The number of esters is 1. The number of benzene rings is 2. The molecule has 37 heavy (non-hydrogen) atoms. The second-order valence-corrected chi connectivity index (χ2v) is 8.74. The molecule has 0 aliphatic heterocycles. The van der Waals surface area contributed by atoms with E-state index in [0.29, 0.717) is 16.7 Å². The third kappa shape index (κ3) is 5.31. The summed E-state index contributed by atoms with van der Waals surface area (Å²) in [6.07, 6.45) is -4.06. The number of carbonyl (C=O) groups excluding carboxylic acids is 2. The molecule has 0 bridgehead atoms. The van der Waals surface area contributed by atoms with E-state index in [1.165, 1.54) is 13.2 Å². The van der Waals surface area contributed by atoms with Crippen molar-refractivity contribution in [1.82, 2.24) is 10.5 Å². The highest BCUT2D eigenvalue weighted by Gasteiger charge is 2.64. The van der Waals surface area contributed by atoms with Crippen LogP contribution in [0.3, 0.4) is 0 Å². The fourth-order valence-electron chi connectivity index (χ4n) is 4.42. The van der Waals surface area contributed by atoms with Gasteiger partial charge >= 0.3 is 12.1 Å². The number of halogens is 3. The third-order valence-electron chi connectivity index (χ3n) is 6.44. The molecule has 1 aliphatic rings. The van der Waals surface area contributed by atoms with Crippen LogP contribution in [-0.2, 0) is 33.5 Å². The first kappa shape index (κ1) is 26.2. The molecule has 11 heteroatoms. The molecule has 3 aromatic rings. The molecule has 1 aliphatic carbocycles. The number of rotatable bonds is 9. The number of aromatic nitrogens is 1. The minimum atomic E-state index is -4.58. The number of hydroxylamine groups is 1. The second kappa shape index (κ2) is 10.3. The summed E-state index contributed by atoms with van der Waals surface area (Å²) in [6.45, 7) is 1.92. The fourth-order valence-corrected chi connectivity index (χ4v) is 4.42. The van der Waals surface area contributed by atoms with Crippen molar-refractivity contribution in [3.63, 3.8) is 0 Å². The van der Waals surface area contributed by atoms with E-state index in [9.17, 15) is 22.8 Å². The van der Waals surface area contributed by atoms with Gasteiger partial charge in [0.05, 0.1) is 25.0 Å². The number of methoxy groups -OCH3 is 1. The van der Waals surface area contributed by atoms with Crippen LogP contribution >= 0.6 is 0 Å². The molecule has 0 spiro atoms. The number of amides is 1. The van der Waals surface area contributed by atoms with E-state index in [0.717, 1.165) is 11.6 Å². The molecule has 1 aromatic heterocycles. The highest BCUT2D eigenvalue weighted by atomic mass is 19.4. The number of carbonyl (C=O) groups is 2. The van der Waals surface area contributed by atoms with Crippen LogP contribution in [0.2, 0.25) is 0 Å². The molecule has 1 amide bonds. The molecule has 0 radical (unpaired) electrons. The summed E-state index contributed by atoms with van der Waals surface area (Å²) in [7, 11) is 1.36. The summed E-state index contributed by atoms with van der Waals surface area (Å²) in [5, 5.41) is 9.43. The first-order valence-electron chi connectivity index (χ1n) is 11.5. The predicted octanol–water partition coefficient (Wildman–Crippen LogP) is 4.46. The molecule has 0 saturated heterocycles. The quantitative estimate of drug-likeness (QED) is 0.245. The summed E-state index contributed by atoms with van der Waals surface area (Å²) >= 11 is 0. The zero-order chi connectivity index (χ0) is 26.8. The average molecular weight is 518 g/mol. The van der Waals surface area contributed by atoms with Crippen LogP contribution < -0.4 is 15.0 Å². The molecule has 2 N–H and O–H groups in total. The Balaban J connectivity index is 1.49. The van der Waals surface area contributed by atoms with Crippen molar-refractivity contribution in [2.45, 2.75) is 32.5 Å². The summed E-state index contributed by atoms with van der Waals surface area (Å²) in [5.74, 6) is -1.08. The van der Waals surface area contributed by atoms with Crippen molar-refractivity contribution in [2.24, 2.45) is 11.3 Å². The molecule has 196 valence electrons. The lowest BCUT2D eigenvalue weighted by Gasteiger charge is -2.16. The van der Waals surface area contributed by atoms with Crippen molar-refractivity contribution < 1.29 is 42.2 Å². The van der Waals surface area contributed by atoms with Crippen LogP contribution in [0.1, 0.15) is 30.2 Å². The molecule has 2 atom stereocenters. The van der Waals surface area contributed by atoms with Crippen LogP contribution in [0.15, 0.2) is 48.5 Å². The van der Waals surface area contributed by atoms with E-state index in [1.54, 1.807) is 48.8 Å². The van der Waals surface area contributed by atoms with Crippen LogP contribution in [0.5, 0.6) is 11.5 Å². The Bertz CT molecular complexity index is 1310. The molecule has 2 aromatic carbocycles. The second-order valence-electron chi connectivity index (χ2n) is 8.74. The van der Waals surface area contributed by atoms with Crippen molar-refractivity contribution in [1.29, 1.82) is 0 Å². The van der Waals surface area contributed by atoms with Gasteiger partial charge in [-0.15, -0.1) is 0 Å². The average Bonchev–Trinajstić information content (AvgIpc) is 3.62. The maximum Gasteiger partial charge on any atom is 0.433 e. The smallest absolute Gasteiger partial charge is 0.433 e. The van der Waals surface area contributed by atoms with Gasteiger partial charge in [0.25, 0.3) is 0 Å². The molecule has 1 heterocycles. The first-order valence-corrected chi connectivity index (χ1v) is 11.5. The van der Waals surface area contributed by atoms with Gasteiger partial charge in [-0.1, -0.05) is 24.3 Å². The number of hydrogen-bond donors (Lipinski definition) is 2. The Kier molecular flexibility index (Phi) is 7.26. The molecular weight excluding hydrogens is 493 g/mol. The van der Waals surface area contributed by atoms with Gasteiger partial charge in [0, 0.05) is 5.39 Å². The van der Waals surface area contributed by atoms with Gasteiger partial charge in [-0.2, -0.15) is 13.2 Å². The van der Waals surface area contributed by atoms with Crippen LogP contribution in [0, 0.1) is 11.3 Å². The Morgan fingerprint density at radius 2 is 1.86 bits per heavy atom. The van der Waals surface area contributed by atoms with Gasteiger partial charge < -0.3 is 14.2 Å². The fraction of sp³-hybridized carbons (Fsp3) is 0.346. The number of nitrogens with zero attached hydrogens (tertiary/aromatic N) is 1. The summed E-state index contributed by atoms with van der Waals surface area (Å²) in [4.78, 5) is 28.2. The van der Waals surface area contributed by atoms with Gasteiger partial charge in [-0.3, -0.25) is 14.8 Å². The van der Waals surface area contributed by atoms with Gasteiger partial charge in [0.15, 0.2) is 0 Å². The topological polar surface area (TPSA) is 107 Å². The van der Waals surface area contributed by atoms with Gasteiger partial charge in [0.2, 0.25) is 5.91 Å². The number of ether oxygens (including phenoxy) is 3. The number of nitrogens with one attached hydrogen (secondary N) is 1. The van der Waals surface area contributed by atoms with Crippen LogP contribution in [0.25, 0.3) is 10.9 Å². The van der Waals surface area contributed by atoms with E-state index < -0.39 is 35.1 Å². The lowest BCUT2D eigenvalue weighted by atomic mass is 9.93. The standard InChI is InChI=1S/C26H25F3N2O6/c1-3-36-24(33)25(13-19(25)23(32)31-34)12-15-4-7-17(8-5-15)37-14-16-6-10-20(35-2)22-18(16)9-11-21(30-22)26(27,28)29/h4-11,19,34H,3,12-14H2,1-2H3,(H,31,32). The van der Waals surface area contributed by atoms with Crippen molar-refractivity contribution >= 4 is 22.8 Å². The molecular formula is C26H25F3N2O6. The minimum absolute atomic E-state index is 0.0679. The number of hydrogen-bond acceptors (Lipinski definition) is 7. The number of pyridine rings is 1. The maximum absolute atomic E-state index is 13.1. The highest BCUT2D eigenvalue weighted by molar-refractivity contribution is 5.93. The SMILES string of the molecule is CCOC(=O)C1(Cc2ccc(OCc3ccc(OC)c4nc(C(F)(F)F)ccc34)cc2)CC1C(=O)NO. The largest absolute Gasteiger partial charge is 0.494 e. The molecule has 8 nitrogen and oxygen atoms in total. The van der Waals surface area contributed by atoms with E-state index in [1.807, 2.05) is 0 Å². The van der Waals surface area contributed by atoms with Crippen molar-refractivity contribution in [3.05, 3.63) is 65.4 Å². The molecule has 1 fully saturated rings. The Morgan fingerprint density at radius 3 is 2.49 bits per heavy atom. The zero-order valence-electron chi connectivity index (χ0n) is 20.1. The van der Waals surface area contributed by atoms with Gasteiger partial charge in [-0.05, 0) is 55.2 Å². The maximum atomic E-state index is 13.1. The van der Waals surface area contributed by atoms with Gasteiger partial charge in [0.1, 0.15) is 29.3 Å².